The Labute approximate surface area is 95.6 Å². The molecule has 1 aromatic heterocycles. The average Bonchev–Trinajstić information content (AvgIpc) is 2.12. The minimum atomic E-state index is -0.984. The largest absolute Gasteiger partial charge is 1.00 e. The van der Waals surface area contributed by atoms with Crippen LogP contribution in [0.3, 0.4) is 0 Å². The molecule has 0 bridgehead atoms. The summed E-state index contributed by atoms with van der Waals surface area (Å²) in [6.07, 6.45) is 1.39. The van der Waals surface area contributed by atoms with Crippen molar-refractivity contribution in [1.82, 2.24) is 10.2 Å². The number of carboxylic acids is 1. The van der Waals surface area contributed by atoms with Gasteiger partial charge in [-0.05, 0) is 6.07 Å². The van der Waals surface area contributed by atoms with Crippen LogP contribution in [0.2, 0.25) is 0 Å². The van der Waals surface area contributed by atoms with Gasteiger partial charge in [0.05, 0.1) is 0 Å². The van der Waals surface area contributed by atoms with Crippen LogP contribution in [0, 0.1) is 0 Å². The quantitative estimate of drug-likeness (QED) is 0.428. The Bertz CT molecular complexity index is 189. The summed E-state index contributed by atoms with van der Waals surface area (Å²) >= 11 is 0. The molecule has 44 valence electrons. The molecule has 5 heteroatoms. The monoisotopic (exact) mass is 152 g/mol. The molecule has 0 fully saturated rings. The van der Waals surface area contributed by atoms with Gasteiger partial charge in [0.25, 0.3) is 0 Å². The average molecular weight is 152 g/mol. The van der Waals surface area contributed by atoms with Crippen LogP contribution in [0.1, 0.15) is 11.9 Å². The molecule has 0 aliphatic heterocycles. The summed E-state index contributed by atoms with van der Waals surface area (Å²) in [5.74, 6) is -0.984. The minimum Gasteiger partial charge on any atom is -1.00 e. The third-order valence-corrected chi connectivity index (χ3v) is 0.731. The van der Waals surface area contributed by atoms with Gasteiger partial charge < -0.3 is 6.53 Å². The van der Waals surface area contributed by atoms with E-state index in [1.807, 2.05) is 0 Å². The van der Waals surface area contributed by atoms with Crippen molar-refractivity contribution in [3.05, 3.63) is 18.0 Å². The molecule has 0 aromatic carbocycles. The summed E-state index contributed by atoms with van der Waals surface area (Å²) in [4.78, 5) is 9.99. The van der Waals surface area contributed by atoms with Gasteiger partial charge in [0.15, 0.2) is 0 Å². The maximum absolute atomic E-state index is 9.99. The van der Waals surface area contributed by atoms with E-state index in [9.17, 15) is 4.79 Å². The van der Waals surface area contributed by atoms with Gasteiger partial charge in [0.2, 0.25) is 0 Å². The van der Waals surface area contributed by atoms with Crippen molar-refractivity contribution >= 4 is 5.97 Å². The van der Waals surface area contributed by atoms with Crippen molar-refractivity contribution in [2.24, 2.45) is 0 Å². The van der Waals surface area contributed by atoms with Gasteiger partial charge in [-0.25, -0.2) is 4.79 Å². The van der Waals surface area contributed by atoms with Crippen LogP contribution in [0.4, 0.5) is 0 Å². The normalized spacial score (nSPS) is 8.00. The Morgan fingerprint density at radius 1 is 1.89 bits per heavy atom. The van der Waals surface area contributed by atoms with Gasteiger partial charge in [-0.3, -0.25) is 5.10 Å². The van der Waals surface area contributed by atoms with E-state index in [2.05, 4.69) is 10.2 Å². The number of aromatic carboxylic acids is 1. The van der Waals surface area contributed by atoms with E-state index in [4.69, 9.17) is 5.11 Å². The molecule has 4 nitrogen and oxygen atoms in total. The number of carbonyl (C=O) groups is 1. The summed E-state index contributed by atoms with van der Waals surface area (Å²) in [6, 6.07) is 1.39. The fraction of sp³-hybridized carbons (Fsp3) is 0. The molecule has 0 atom stereocenters. The van der Waals surface area contributed by atoms with Gasteiger partial charge in [-0.1, -0.05) is 0 Å². The van der Waals surface area contributed by atoms with Crippen LogP contribution in [0.15, 0.2) is 12.3 Å². The van der Waals surface area contributed by atoms with Crippen LogP contribution < -0.4 is 51.4 Å². The standard InChI is InChI=1S/C4H4N2O2.K.H/c7-4(8)3-1-2-5-6-3;;/h1-2H,(H,5,6)(H,7,8);;/q;+1;-1. The Morgan fingerprint density at radius 2 is 2.56 bits per heavy atom. The maximum Gasteiger partial charge on any atom is 1.00 e. The smallest absolute Gasteiger partial charge is 1.00 e. The van der Waals surface area contributed by atoms with Gasteiger partial charge in [-0.2, -0.15) is 5.10 Å². The van der Waals surface area contributed by atoms with Crippen LogP contribution in [0.25, 0.3) is 0 Å². The molecule has 9 heavy (non-hydrogen) atoms. The second-order valence-electron chi connectivity index (χ2n) is 1.28. The number of aromatic amines is 1. The molecule has 1 rings (SSSR count). The topological polar surface area (TPSA) is 66.0 Å². The van der Waals surface area contributed by atoms with Crippen LogP contribution in [-0.2, 0) is 0 Å². The summed E-state index contributed by atoms with van der Waals surface area (Å²) in [5.41, 5.74) is 0.116. The first-order chi connectivity index (χ1) is 3.80. The van der Waals surface area contributed by atoms with Gasteiger partial charge in [0.1, 0.15) is 5.69 Å². The van der Waals surface area contributed by atoms with E-state index in [0.717, 1.165) is 0 Å². The molecule has 0 spiro atoms. The summed E-state index contributed by atoms with van der Waals surface area (Å²) < 4.78 is 0. The number of aromatic nitrogens is 2. The molecule has 2 N–H and O–H groups in total. The van der Waals surface area contributed by atoms with Crippen molar-refractivity contribution in [3.63, 3.8) is 0 Å². The fourth-order valence-corrected chi connectivity index (χ4v) is 0.375. The first-order valence-electron chi connectivity index (χ1n) is 2.03. The van der Waals surface area contributed by atoms with Crippen molar-refractivity contribution in [1.29, 1.82) is 0 Å². The minimum absolute atomic E-state index is 0. The predicted octanol–water partition coefficient (Wildman–Crippen LogP) is -2.78. The van der Waals surface area contributed by atoms with Crippen LogP contribution in [0.5, 0.6) is 0 Å². The Kier molecular flexibility index (Phi) is 4.33. The summed E-state index contributed by atoms with van der Waals surface area (Å²) in [6.45, 7) is 0. The predicted molar refractivity (Wildman–Crippen MR) is 26.7 cm³/mol. The number of hydrogen-bond donors (Lipinski definition) is 2. The van der Waals surface area contributed by atoms with Crippen LogP contribution >= 0.6 is 0 Å². The maximum atomic E-state index is 9.99. The van der Waals surface area contributed by atoms with Gasteiger partial charge in [0, 0.05) is 6.20 Å². The molecular weight excluding hydrogens is 147 g/mol. The number of nitrogens with one attached hydrogen (secondary N) is 1. The Morgan fingerprint density at radius 3 is 2.78 bits per heavy atom. The molecule has 1 heterocycles. The van der Waals surface area contributed by atoms with E-state index in [1.165, 1.54) is 12.3 Å². The zero-order valence-electron chi connectivity index (χ0n) is 5.96. The van der Waals surface area contributed by atoms with Crippen molar-refractivity contribution in [2.75, 3.05) is 0 Å². The number of H-pyrrole nitrogens is 1. The summed E-state index contributed by atoms with van der Waals surface area (Å²) in [5, 5.41) is 13.9. The molecule has 0 aliphatic rings. The SMILES string of the molecule is O=C(O)c1ccn[nH]1.[H-].[K+]. The molecule has 0 aliphatic carbocycles. The van der Waals surface area contributed by atoms with Gasteiger partial charge >= 0.3 is 57.4 Å². The number of nitrogens with zero attached hydrogens (tertiary/aromatic N) is 1. The van der Waals surface area contributed by atoms with Crippen molar-refractivity contribution in [3.8, 4) is 0 Å². The van der Waals surface area contributed by atoms with E-state index in [-0.39, 0.29) is 58.5 Å². The molecule has 0 saturated heterocycles. The van der Waals surface area contributed by atoms with Crippen LogP contribution in [-0.4, -0.2) is 21.3 Å². The number of rotatable bonds is 1. The Hall–Kier alpha value is 0.316. The third kappa shape index (κ3) is 2.59. The van der Waals surface area contributed by atoms with E-state index >= 15 is 0 Å². The third-order valence-electron chi connectivity index (χ3n) is 0.731. The summed E-state index contributed by atoms with van der Waals surface area (Å²) in [7, 11) is 0. The van der Waals surface area contributed by atoms with E-state index in [1.54, 1.807) is 0 Å². The first-order valence-corrected chi connectivity index (χ1v) is 2.03. The van der Waals surface area contributed by atoms with Gasteiger partial charge in [-0.15, -0.1) is 0 Å². The Balaban J connectivity index is 0. The molecular formula is C4H5KN2O2. The first kappa shape index (κ1) is 9.32. The number of hydrogen-bond acceptors (Lipinski definition) is 2. The fourth-order valence-electron chi connectivity index (χ4n) is 0.375. The molecule has 1 aromatic rings. The van der Waals surface area contributed by atoms with Crippen molar-refractivity contribution in [2.45, 2.75) is 0 Å². The zero-order chi connectivity index (χ0) is 5.98. The molecule has 0 saturated carbocycles. The van der Waals surface area contributed by atoms with E-state index in [0.29, 0.717) is 0 Å². The molecule has 0 radical (unpaired) electrons. The second-order valence-corrected chi connectivity index (χ2v) is 1.28. The van der Waals surface area contributed by atoms with Crippen molar-refractivity contribution < 1.29 is 62.7 Å². The second kappa shape index (κ2) is 4.18. The molecule has 0 amide bonds. The van der Waals surface area contributed by atoms with E-state index < -0.39 is 5.97 Å². The number of carboxylic acid groups (broad SMARTS) is 1. The zero-order valence-corrected chi connectivity index (χ0v) is 8.08. The molecule has 0 unspecified atom stereocenters.